The number of aromatic nitrogens is 2. The Labute approximate surface area is 202 Å². The molecular formula is C23H21N5O4S2. The van der Waals surface area contributed by atoms with Crippen molar-refractivity contribution in [2.45, 2.75) is 13.1 Å². The molecule has 1 saturated heterocycles. The van der Waals surface area contributed by atoms with Crippen LogP contribution in [0.15, 0.2) is 58.3 Å². The lowest BCUT2D eigenvalue weighted by Gasteiger charge is -2.34. The Morgan fingerprint density at radius 1 is 1.12 bits per heavy atom. The van der Waals surface area contributed by atoms with E-state index in [-0.39, 0.29) is 23.7 Å². The highest BCUT2D eigenvalue weighted by Crippen LogP contribution is 2.33. The zero-order valence-electron chi connectivity index (χ0n) is 18.1. The van der Waals surface area contributed by atoms with Crippen molar-refractivity contribution in [1.82, 2.24) is 19.4 Å². The van der Waals surface area contributed by atoms with E-state index in [2.05, 4.69) is 9.88 Å². The van der Waals surface area contributed by atoms with Crippen LogP contribution in [-0.2, 0) is 17.9 Å². The molecule has 4 aromatic rings. The standard InChI is InChI=1S/C23H21N5O4S2/c29-20(26-8-6-25(7-9-26)12-16-3-1-4-17(11-16)28(31)32)13-27-15-24-22-21(23(27)30)18(14-34-22)19-5-2-10-33-19/h1-5,10-11,14-15H,6-9,12-13H2. The monoisotopic (exact) mass is 495 g/mol. The fourth-order valence-corrected chi connectivity index (χ4v) is 5.84. The highest BCUT2D eigenvalue weighted by atomic mass is 32.1. The molecule has 3 aromatic heterocycles. The number of nitro groups is 1. The number of non-ortho nitro benzene ring substituents is 1. The van der Waals surface area contributed by atoms with Crippen LogP contribution in [0.25, 0.3) is 20.7 Å². The van der Waals surface area contributed by atoms with Crippen LogP contribution < -0.4 is 5.56 Å². The number of fused-ring (bicyclic) bond motifs is 1. The van der Waals surface area contributed by atoms with Gasteiger partial charge < -0.3 is 4.90 Å². The van der Waals surface area contributed by atoms with Crippen LogP contribution in [0.1, 0.15) is 5.56 Å². The SMILES string of the molecule is O=C(Cn1cnc2scc(-c3cccs3)c2c1=O)N1CCN(Cc2cccc([N+](=O)[O-])c2)CC1. The molecule has 1 aliphatic rings. The minimum absolute atomic E-state index is 0.0492. The van der Waals surface area contributed by atoms with Gasteiger partial charge in [-0.25, -0.2) is 4.98 Å². The Morgan fingerprint density at radius 3 is 2.68 bits per heavy atom. The lowest BCUT2D eigenvalue weighted by molar-refractivity contribution is -0.384. The van der Waals surface area contributed by atoms with Gasteiger partial charge >= 0.3 is 0 Å². The summed E-state index contributed by atoms with van der Waals surface area (Å²) < 4.78 is 1.39. The van der Waals surface area contributed by atoms with Gasteiger partial charge in [-0.05, 0) is 17.0 Å². The van der Waals surface area contributed by atoms with Crippen LogP contribution in [0.4, 0.5) is 5.69 Å². The number of nitrogens with zero attached hydrogens (tertiary/aromatic N) is 5. The lowest BCUT2D eigenvalue weighted by atomic mass is 10.1. The maximum absolute atomic E-state index is 13.2. The molecule has 0 saturated carbocycles. The Morgan fingerprint density at radius 2 is 1.94 bits per heavy atom. The molecule has 174 valence electrons. The third-order valence-electron chi connectivity index (χ3n) is 5.91. The van der Waals surface area contributed by atoms with Crippen LogP contribution in [0, 0.1) is 10.1 Å². The first-order valence-corrected chi connectivity index (χ1v) is 12.5. The predicted octanol–water partition coefficient (Wildman–Crippen LogP) is 3.44. The van der Waals surface area contributed by atoms with Gasteiger partial charge in [-0.15, -0.1) is 22.7 Å². The first kappa shape index (κ1) is 22.4. The van der Waals surface area contributed by atoms with Gasteiger partial charge in [-0.1, -0.05) is 18.2 Å². The molecule has 5 rings (SSSR count). The molecule has 0 atom stereocenters. The van der Waals surface area contributed by atoms with Crippen LogP contribution in [0.3, 0.4) is 0 Å². The van der Waals surface area contributed by atoms with Gasteiger partial charge in [-0.2, -0.15) is 0 Å². The summed E-state index contributed by atoms with van der Waals surface area (Å²) >= 11 is 3.00. The van der Waals surface area contributed by atoms with Crippen LogP contribution >= 0.6 is 22.7 Å². The van der Waals surface area contributed by atoms with E-state index < -0.39 is 4.92 Å². The molecule has 0 N–H and O–H groups in total. The highest BCUT2D eigenvalue weighted by molar-refractivity contribution is 7.18. The molecule has 0 radical (unpaired) electrons. The molecule has 0 unspecified atom stereocenters. The molecule has 0 bridgehead atoms. The lowest BCUT2D eigenvalue weighted by Crippen LogP contribution is -2.49. The number of amides is 1. The summed E-state index contributed by atoms with van der Waals surface area (Å²) in [4.78, 5) is 46.7. The number of carbonyl (C=O) groups is 1. The smallest absolute Gasteiger partial charge is 0.269 e. The summed E-state index contributed by atoms with van der Waals surface area (Å²) in [6.07, 6.45) is 1.45. The molecule has 0 spiro atoms. The first-order valence-electron chi connectivity index (χ1n) is 10.7. The number of benzene rings is 1. The number of piperazine rings is 1. The minimum atomic E-state index is -0.395. The molecular weight excluding hydrogens is 474 g/mol. The second kappa shape index (κ2) is 9.45. The molecule has 1 aromatic carbocycles. The van der Waals surface area contributed by atoms with Crippen LogP contribution in [0.5, 0.6) is 0 Å². The van der Waals surface area contributed by atoms with Gasteiger partial charge in [0, 0.05) is 60.7 Å². The number of hydrogen-bond donors (Lipinski definition) is 0. The van der Waals surface area contributed by atoms with Gasteiger partial charge in [-0.3, -0.25) is 29.2 Å². The zero-order valence-corrected chi connectivity index (χ0v) is 19.8. The highest BCUT2D eigenvalue weighted by Gasteiger charge is 2.23. The van der Waals surface area contributed by atoms with Crippen molar-refractivity contribution in [2.75, 3.05) is 26.2 Å². The Balaban J connectivity index is 1.24. The van der Waals surface area contributed by atoms with Crippen LogP contribution in [-0.4, -0.2) is 56.4 Å². The molecule has 11 heteroatoms. The fraction of sp³-hybridized carbons (Fsp3) is 0.261. The summed E-state index contributed by atoms with van der Waals surface area (Å²) in [5.41, 5.74) is 1.61. The third-order valence-corrected chi connectivity index (χ3v) is 7.70. The average molecular weight is 496 g/mol. The largest absolute Gasteiger partial charge is 0.339 e. The second-order valence-electron chi connectivity index (χ2n) is 8.07. The first-order chi connectivity index (χ1) is 16.5. The topological polar surface area (TPSA) is 102 Å². The van der Waals surface area contributed by atoms with Crippen molar-refractivity contribution < 1.29 is 9.72 Å². The summed E-state index contributed by atoms with van der Waals surface area (Å²) in [5, 5.41) is 15.5. The number of thiophene rings is 2. The van der Waals surface area contributed by atoms with Crippen molar-refractivity contribution in [3.05, 3.63) is 79.5 Å². The maximum Gasteiger partial charge on any atom is 0.269 e. The van der Waals surface area contributed by atoms with E-state index in [0.717, 1.165) is 16.0 Å². The number of nitro benzene ring substituents is 1. The average Bonchev–Trinajstić information content (AvgIpc) is 3.52. The molecule has 4 heterocycles. The Hall–Kier alpha value is -3.41. The van der Waals surface area contributed by atoms with E-state index in [0.29, 0.717) is 42.9 Å². The minimum Gasteiger partial charge on any atom is -0.339 e. The van der Waals surface area contributed by atoms with E-state index in [1.54, 1.807) is 28.4 Å². The van der Waals surface area contributed by atoms with Gasteiger partial charge in [0.2, 0.25) is 5.91 Å². The summed E-state index contributed by atoms with van der Waals surface area (Å²) in [5.74, 6) is -0.119. The van der Waals surface area contributed by atoms with Crippen molar-refractivity contribution in [3.8, 4) is 10.4 Å². The van der Waals surface area contributed by atoms with Crippen molar-refractivity contribution in [1.29, 1.82) is 0 Å². The van der Waals surface area contributed by atoms with E-state index in [4.69, 9.17) is 0 Å². The van der Waals surface area contributed by atoms with E-state index in [9.17, 15) is 19.7 Å². The normalized spacial score (nSPS) is 14.5. The van der Waals surface area contributed by atoms with Gasteiger partial charge in [0.15, 0.2) is 0 Å². The van der Waals surface area contributed by atoms with Crippen molar-refractivity contribution in [2.24, 2.45) is 0 Å². The van der Waals surface area contributed by atoms with Crippen molar-refractivity contribution >= 4 is 44.5 Å². The van der Waals surface area contributed by atoms with Crippen LogP contribution in [0.2, 0.25) is 0 Å². The summed E-state index contributed by atoms with van der Waals surface area (Å²) in [6.45, 7) is 2.94. The maximum atomic E-state index is 13.2. The Kier molecular flexibility index (Phi) is 6.22. The zero-order chi connectivity index (χ0) is 23.7. The number of rotatable bonds is 6. The van der Waals surface area contributed by atoms with Gasteiger partial charge in [0.05, 0.1) is 16.6 Å². The number of carbonyl (C=O) groups excluding carboxylic acids is 1. The molecule has 34 heavy (non-hydrogen) atoms. The summed E-state index contributed by atoms with van der Waals surface area (Å²) in [7, 11) is 0. The molecule has 9 nitrogen and oxygen atoms in total. The molecule has 0 aliphatic carbocycles. The fourth-order valence-electron chi connectivity index (χ4n) is 4.12. The molecule has 1 amide bonds. The van der Waals surface area contributed by atoms with Gasteiger partial charge in [0.1, 0.15) is 11.4 Å². The van der Waals surface area contributed by atoms with Gasteiger partial charge in [0.25, 0.3) is 11.2 Å². The molecule has 1 aliphatic heterocycles. The number of hydrogen-bond acceptors (Lipinski definition) is 8. The van der Waals surface area contributed by atoms with Crippen molar-refractivity contribution in [3.63, 3.8) is 0 Å². The predicted molar refractivity (Wildman–Crippen MR) is 132 cm³/mol. The van der Waals surface area contributed by atoms with E-state index >= 15 is 0 Å². The molecule has 1 fully saturated rings. The second-order valence-corrected chi connectivity index (χ2v) is 9.87. The summed E-state index contributed by atoms with van der Waals surface area (Å²) in [6, 6.07) is 10.5. The van der Waals surface area contributed by atoms with E-state index in [1.807, 2.05) is 29.0 Å². The van der Waals surface area contributed by atoms with E-state index in [1.165, 1.54) is 28.3 Å². The third kappa shape index (κ3) is 4.49. The quantitative estimate of drug-likeness (QED) is 0.300. The Bertz CT molecular complexity index is 1400.